The van der Waals surface area contributed by atoms with Gasteiger partial charge in [0.1, 0.15) is 0 Å². The summed E-state index contributed by atoms with van der Waals surface area (Å²) in [5, 5.41) is 0. The van der Waals surface area contributed by atoms with E-state index >= 15 is 0 Å². The molecule has 0 saturated carbocycles. The molecule has 0 bridgehead atoms. The first-order valence-corrected chi connectivity index (χ1v) is 11.9. The van der Waals surface area contributed by atoms with Crippen LogP contribution >= 0.6 is 15.9 Å². The molecule has 0 aliphatic carbocycles. The van der Waals surface area contributed by atoms with Crippen molar-refractivity contribution < 1.29 is 2.85 Å². The van der Waals surface area contributed by atoms with E-state index in [1.54, 1.807) is 0 Å². The monoisotopic (exact) mass is 264 g/mol. The van der Waals surface area contributed by atoms with Gasteiger partial charge in [-0.1, -0.05) is 55.2 Å². The van der Waals surface area contributed by atoms with Gasteiger partial charge in [0.05, 0.1) is 16.1 Å². The van der Waals surface area contributed by atoms with Gasteiger partial charge in [0.15, 0.2) is 0 Å². The van der Waals surface area contributed by atoms with E-state index in [1.807, 2.05) is 0 Å². The summed E-state index contributed by atoms with van der Waals surface area (Å²) >= 11 is 3.84. The van der Waals surface area contributed by atoms with Crippen LogP contribution in [0.4, 0.5) is 0 Å². The Morgan fingerprint density at radius 1 is 0.909 bits per heavy atom. The molecule has 0 saturated heterocycles. The Morgan fingerprint density at radius 3 is 1.09 bits per heavy atom. The summed E-state index contributed by atoms with van der Waals surface area (Å²) in [7, 11) is -1.84. The molecule has 0 aliphatic rings. The second kappa shape index (κ2) is 4.79. The summed E-state index contributed by atoms with van der Waals surface area (Å²) < 4.78 is 0.854. The summed E-state index contributed by atoms with van der Waals surface area (Å²) in [6, 6.07) is 0. The first kappa shape index (κ1) is 15.2. The number of alkyl halides is 1. The maximum atomic E-state index is 3.84. The molecular weight excluding hydrogens is 244 g/mol. The number of hydrogen-bond donors (Lipinski definition) is 0. The predicted molar refractivity (Wildman–Crippen MR) is 67.4 cm³/mol. The Kier molecular flexibility index (Phi) is 6.60. The molecule has 0 nitrogen and oxygen atoms in total. The molecule has 0 aromatic rings. The molecule has 0 atom stereocenters. The van der Waals surface area contributed by atoms with Gasteiger partial charge < -0.3 is 2.85 Å². The Labute approximate surface area is 101 Å². The molecule has 0 fully saturated rings. The van der Waals surface area contributed by atoms with E-state index in [1.165, 1.54) is 0 Å². The van der Waals surface area contributed by atoms with Crippen LogP contribution in [0.5, 0.6) is 0 Å². The maximum absolute atomic E-state index is 3.84. The zero-order valence-electron chi connectivity index (χ0n) is 10.7. The first-order chi connectivity index (χ1) is 4.15. The fourth-order valence-electron chi connectivity index (χ4n) is 1.30. The molecule has 0 aromatic carbocycles. The van der Waals surface area contributed by atoms with Gasteiger partial charge in [0, 0.05) is 4.07 Å². The average Bonchev–Trinajstić information content (AvgIpc) is 1.59. The normalized spacial score (nSPS) is 13.1. The van der Waals surface area contributed by atoms with Crippen molar-refractivity contribution in [2.75, 3.05) is 0 Å². The second-order valence-corrected chi connectivity index (χ2v) is 18.9. The van der Waals surface area contributed by atoms with E-state index < -0.39 is 16.1 Å². The smallest absolute Gasteiger partial charge is 1.00 e. The van der Waals surface area contributed by atoms with Crippen molar-refractivity contribution in [3.05, 3.63) is 0 Å². The SMILES string of the molecule is C[Si](C)(C)C(Br)[Si](C)(C)C.[H-].[H-].[Mg+2]. The van der Waals surface area contributed by atoms with Gasteiger partial charge in [-0.2, -0.15) is 0 Å². The topological polar surface area (TPSA) is 0 Å². The van der Waals surface area contributed by atoms with Crippen molar-refractivity contribution >= 4 is 55.1 Å². The summed E-state index contributed by atoms with van der Waals surface area (Å²) in [6.45, 7) is 14.6. The Morgan fingerprint density at radius 2 is 1.09 bits per heavy atom. The van der Waals surface area contributed by atoms with Gasteiger partial charge in [0.2, 0.25) is 0 Å². The minimum absolute atomic E-state index is 0. The van der Waals surface area contributed by atoms with Gasteiger partial charge in [-0.15, -0.1) is 0 Å². The van der Waals surface area contributed by atoms with Crippen LogP contribution < -0.4 is 0 Å². The third-order valence-electron chi connectivity index (χ3n) is 1.52. The van der Waals surface area contributed by atoms with Crippen LogP contribution in [0.3, 0.4) is 0 Å². The standard InChI is InChI=1S/C7H19BrSi2.Mg.2H/c1-9(2,3)7(8)10(4,5)6;;;/h7H,1-6H3;;;/q;+2;2*-1. The molecule has 0 aliphatic heterocycles. The third-order valence-corrected chi connectivity index (χ3v) is 18.0. The van der Waals surface area contributed by atoms with Gasteiger partial charge in [0.25, 0.3) is 0 Å². The third kappa shape index (κ3) is 5.85. The first-order valence-electron chi connectivity index (χ1n) is 3.80. The van der Waals surface area contributed by atoms with Crippen molar-refractivity contribution in [2.24, 2.45) is 0 Å². The van der Waals surface area contributed by atoms with Crippen LogP contribution in [0.1, 0.15) is 2.85 Å². The maximum Gasteiger partial charge on any atom is 2.00 e. The molecule has 0 rings (SSSR count). The van der Waals surface area contributed by atoms with E-state index in [0.29, 0.717) is 0 Å². The van der Waals surface area contributed by atoms with E-state index in [-0.39, 0.29) is 25.9 Å². The summed E-state index contributed by atoms with van der Waals surface area (Å²) in [4.78, 5) is 0. The van der Waals surface area contributed by atoms with Crippen LogP contribution in [0.15, 0.2) is 0 Å². The summed E-state index contributed by atoms with van der Waals surface area (Å²) in [5.41, 5.74) is 0. The largest absolute Gasteiger partial charge is 2.00 e. The molecule has 0 N–H and O–H groups in total. The van der Waals surface area contributed by atoms with Crippen LogP contribution in [-0.2, 0) is 0 Å². The zero-order valence-corrected chi connectivity index (χ0v) is 13.7. The van der Waals surface area contributed by atoms with Crippen molar-refractivity contribution in [3.63, 3.8) is 0 Å². The Balaban J connectivity index is -0.000000135. The van der Waals surface area contributed by atoms with Crippen LogP contribution in [0.2, 0.25) is 39.3 Å². The van der Waals surface area contributed by atoms with Crippen LogP contribution in [0.25, 0.3) is 0 Å². The quantitative estimate of drug-likeness (QED) is 0.531. The molecule has 0 heterocycles. The minimum atomic E-state index is -0.918. The molecule has 0 spiro atoms. The molecule has 0 amide bonds. The molecule has 11 heavy (non-hydrogen) atoms. The minimum Gasteiger partial charge on any atom is -1.00 e. The molecule has 0 radical (unpaired) electrons. The van der Waals surface area contributed by atoms with Gasteiger partial charge in [-0.05, 0) is 0 Å². The predicted octanol–water partition coefficient (Wildman–Crippen LogP) is 3.35. The van der Waals surface area contributed by atoms with E-state index in [2.05, 4.69) is 55.2 Å². The van der Waals surface area contributed by atoms with Crippen molar-refractivity contribution in [3.8, 4) is 0 Å². The van der Waals surface area contributed by atoms with Gasteiger partial charge >= 0.3 is 23.1 Å². The van der Waals surface area contributed by atoms with E-state index in [0.717, 1.165) is 4.07 Å². The summed E-state index contributed by atoms with van der Waals surface area (Å²) in [6.07, 6.45) is 0. The van der Waals surface area contributed by atoms with E-state index in [4.69, 9.17) is 0 Å². The number of halogens is 1. The van der Waals surface area contributed by atoms with Crippen molar-refractivity contribution in [2.45, 2.75) is 43.4 Å². The molecule has 4 heteroatoms. The van der Waals surface area contributed by atoms with Gasteiger partial charge in [-0.25, -0.2) is 0 Å². The molecule has 0 unspecified atom stereocenters. The molecule has 66 valence electrons. The van der Waals surface area contributed by atoms with Crippen LogP contribution in [0, 0.1) is 0 Å². The number of rotatable bonds is 2. The summed E-state index contributed by atoms with van der Waals surface area (Å²) in [5.74, 6) is 0. The fraction of sp³-hybridized carbons (Fsp3) is 1.00. The molecular formula is C7H21BrMgSi2. The van der Waals surface area contributed by atoms with Gasteiger partial charge in [-0.3, -0.25) is 0 Å². The van der Waals surface area contributed by atoms with Crippen LogP contribution in [-0.4, -0.2) is 43.3 Å². The average molecular weight is 266 g/mol. The Bertz CT molecular complexity index is 109. The number of hydrogen-bond acceptors (Lipinski definition) is 0. The van der Waals surface area contributed by atoms with Crippen molar-refractivity contribution in [1.82, 2.24) is 0 Å². The van der Waals surface area contributed by atoms with E-state index in [9.17, 15) is 0 Å². The Hall–Kier alpha value is 1.68. The van der Waals surface area contributed by atoms with Crippen molar-refractivity contribution in [1.29, 1.82) is 0 Å². The molecule has 0 aromatic heterocycles. The zero-order chi connectivity index (χ0) is 8.58. The second-order valence-electron chi connectivity index (χ2n) is 5.09. The fourth-order valence-corrected chi connectivity index (χ4v) is 11.7.